The molecule has 0 bridgehead atoms. The molecular formula is C12H14FN3OS. The lowest BCUT2D eigenvalue weighted by Gasteiger charge is -2.27. The monoisotopic (exact) mass is 267 g/mol. The highest BCUT2D eigenvalue weighted by Gasteiger charge is 2.36. The van der Waals surface area contributed by atoms with Crippen LogP contribution in [0, 0.1) is 6.92 Å². The number of aryl methyl sites for hydroxylation is 1. The molecule has 1 aliphatic heterocycles. The lowest BCUT2D eigenvalue weighted by atomic mass is 9.95. The zero-order valence-electron chi connectivity index (χ0n) is 10.1. The predicted octanol–water partition coefficient (Wildman–Crippen LogP) is 2.65. The Morgan fingerprint density at radius 1 is 1.39 bits per heavy atom. The summed E-state index contributed by atoms with van der Waals surface area (Å²) in [4.78, 5) is 4.38. The van der Waals surface area contributed by atoms with Crippen molar-refractivity contribution in [2.24, 2.45) is 0 Å². The summed E-state index contributed by atoms with van der Waals surface area (Å²) in [5.74, 6) is 0.733. The van der Waals surface area contributed by atoms with Crippen molar-refractivity contribution in [3.8, 4) is 11.4 Å². The van der Waals surface area contributed by atoms with Gasteiger partial charge in [-0.25, -0.2) is 9.37 Å². The van der Waals surface area contributed by atoms with Gasteiger partial charge in [0.15, 0.2) is 5.67 Å². The number of halogens is 1. The number of hydrogen-bond acceptors (Lipinski definition) is 5. The molecule has 0 amide bonds. The molecule has 6 heteroatoms. The second kappa shape index (κ2) is 4.44. The standard InChI is InChI=1S/C12H14FN3OS/c1-8-6-9(16-17-8)10-7-18-11(15-10)12(13)2-4-14-5-3-12/h6-7,14H,2-5H2,1H3. The minimum absolute atomic E-state index is 0.484. The van der Waals surface area contributed by atoms with Gasteiger partial charge >= 0.3 is 0 Å². The molecule has 1 saturated heterocycles. The summed E-state index contributed by atoms with van der Waals surface area (Å²) < 4.78 is 19.7. The van der Waals surface area contributed by atoms with E-state index in [1.807, 2.05) is 18.4 Å². The summed E-state index contributed by atoms with van der Waals surface area (Å²) in [7, 11) is 0. The van der Waals surface area contributed by atoms with Crippen molar-refractivity contribution in [2.45, 2.75) is 25.4 Å². The van der Waals surface area contributed by atoms with Gasteiger partial charge in [0, 0.05) is 24.3 Å². The van der Waals surface area contributed by atoms with Crippen molar-refractivity contribution in [1.29, 1.82) is 0 Å². The Labute approximate surface area is 108 Å². The van der Waals surface area contributed by atoms with Crippen molar-refractivity contribution in [3.05, 3.63) is 22.2 Å². The molecule has 0 saturated carbocycles. The average Bonchev–Trinajstić information content (AvgIpc) is 2.98. The zero-order chi connectivity index (χ0) is 12.6. The fourth-order valence-corrected chi connectivity index (χ4v) is 3.08. The first-order valence-electron chi connectivity index (χ1n) is 5.97. The van der Waals surface area contributed by atoms with E-state index in [4.69, 9.17) is 4.52 Å². The van der Waals surface area contributed by atoms with Gasteiger partial charge in [-0.05, 0) is 20.0 Å². The third-order valence-electron chi connectivity index (χ3n) is 3.17. The molecule has 0 radical (unpaired) electrons. The number of hydrogen-bond donors (Lipinski definition) is 1. The van der Waals surface area contributed by atoms with Crippen molar-refractivity contribution >= 4 is 11.3 Å². The topological polar surface area (TPSA) is 51.0 Å². The van der Waals surface area contributed by atoms with Gasteiger partial charge in [-0.1, -0.05) is 5.16 Å². The van der Waals surface area contributed by atoms with Gasteiger partial charge in [-0.2, -0.15) is 0 Å². The molecular weight excluding hydrogens is 253 g/mol. The summed E-state index contributed by atoms with van der Waals surface area (Å²) >= 11 is 1.36. The minimum Gasteiger partial charge on any atom is -0.361 e. The van der Waals surface area contributed by atoms with Crippen LogP contribution >= 0.6 is 11.3 Å². The molecule has 96 valence electrons. The zero-order valence-corrected chi connectivity index (χ0v) is 10.9. The van der Waals surface area contributed by atoms with Crippen molar-refractivity contribution in [2.75, 3.05) is 13.1 Å². The van der Waals surface area contributed by atoms with Crippen molar-refractivity contribution in [3.63, 3.8) is 0 Å². The van der Waals surface area contributed by atoms with Crippen LogP contribution in [0.1, 0.15) is 23.6 Å². The maximum atomic E-state index is 14.7. The predicted molar refractivity (Wildman–Crippen MR) is 67.2 cm³/mol. The first kappa shape index (κ1) is 11.8. The van der Waals surface area contributed by atoms with Gasteiger partial charge in [0.2, 0.25) is 0 Å². The van der Waals surface area contributed by atoms with Crippen LogP contribution in [0.25, 0.3) is 11.4 Å². The largest absolute Gasteiger partial charge is 0.361 e. The Morgan fingerprint density at radius 2 is 2.17 bits per heavy atom. The van der Waals surface area contributed by atoms with Crippen molar-refractivity contribution in [1.82, 2.24) is 15.5 Å². The first-order chi connectivity index (χ1) is 8.67. The number of aromatic nitrogens is 2. The Bertz CT molecular complexity index is 545. The minimum atomic E-state index is -1.28. The van der Waals surface area contributed by atoms with Crippen LogP contribution in [-0.4, -0.2) is 23.2 Å². The van der Waals surface area contributed by atoms with Crippen LogP contribution < -0.4 is 5.32 Å². The van der Waals surface area contributed by atoms with Gasteiger partial charge in [0.05, 0.1) is 0 Å². The summed E-state index contributed by atoms with van der Waals surface area (Å²) in [5, 5.41) is 9.46. The molecule has 0 aromatic carbocycles. The van der Waals surface area contributed by atoms with Crippen LogP contribution in [0.5, 0.6) is 0 Å². The highest BCUT2D eigenvalue weighted by molar-refractivity contribution is 7.10. The smallest absolute Gasteiger partial charge is 0.164 e. The molecule has 1 aliphatic rings. The van der Waals surface area contributed by atoms with Gasteiger partial charge in [-0.3, -0.25) is 0 Å². The molecule has 1 fully saturated rings. The molecule has 1 N–H and O–H groups in total. The maximum absolute atomic E-state index is 14.7. The summed E-state index contributed by atoms with van der Waals surface area (Å²) in [6, 6.07) is 1.81. The number of nitrogens with one attached hydrogen (secondary N) is 1. The molecule has 0 unspecified atom stereocenters. The Balaban J connectivity index is 1.89. The molecule has 3 heterocycles. The second-order valence-corrected chi connectivity index (χ2v) is 5.43. The highest BCUT2D eigenvalue weighted by Crippen LogP contribution is 2.38. The van der Waals surface area contributed by atoms with Crippen LogP contribution in [0.15, 0.2) is 16.0 Å². The molecule has 0 atom stereocenters. The number of alkyl halides is 1. The van der Waals surface area contributed by atoms with E-state index < -0.39 is 5.67 Å². The number of thiazole rings is 1. The van der Waals surface area contributed by atoms with E-state index in [0.717, 1.165) is 5.76 Å². The molecule has 0 aliphatic carbocycles. The quantitative estimate of drug-likeness (QED) is 0.908. The molecule has 0 spiro atoms. The SMILES string of the molecule is Cc1cc(-c2csc(C3(F)CCNCC3)n2)no1. The average molecular weight is 267 g/mol. The van der Waals surface area contributed by atoms with Gasteiger partial charge in [-0.15, -0.1) is 11.3 Å². The van der Waals surface area contributed by atoms with Gasteiger partial charge < -0.3 is 9.84 Å². The number of piperidine rings is 1. The molecule has 18 heavy (non-hydrogen) atoms. The van der Waals surface area contributed by atoms with E-state index in [9.17, 15) is 4.39 Å². The van der Waals surface area contributed by atoms with Crippen molar-refractivity contribution < 1.29 is 8.91 Å². The van der Waals surface area contributed by atoms with Crippen LogP contribution in [0.4, 0.5) is 4.39 Å². The first-order valence-corrected chi connectivity index (χ1v) is 6.85. The number of rotatable bonds is 2. The summed E-state index contributed by atoms with van der Waals surface area (Å²) in [5.41, 5.74) is 0.0855. The Kier molecular flexibility index (Phi) is 2.91. The third kappa shape index (κ3) is 2.06. The fraction of sp³-hybridized carbons (Fsp3) is 0.500. The summed E-state index contributed by atoms with van der Waals surface area (Å²) in [6.45, 7) is 3.23. The third-order valence-corrected chi connectivity index (χ3v) is 4.20. The highest BCUT2D eigenvalue weighted by atomic mass is 32.1. The molecule has 3 rings (SSSR count). The van der Waals surface area contributed by atoms with E-state index in [-0.39, 0.29) is 0 Å². The van der Waals surface area contributed by atoms with E-state index in [0.29, 0.717) is 42.3 Å². The maximum Gasteiger partial charge on any atom is 0.164 e. The van der Waals surface area contributed by atoms with Crippen LogP contribution in [0.2, 0.25) is 0 Å². The van der Waals surface area contributed by atoms with Crippen LogP contribution in [0.3, 0.4) is 0 Å². The fourth-order valence-electron chi connectivity index (χ4n) is 2.12. The van der Waals surface area contributed by atoms with Gasteiger partial charge in [0.25, 0.3) is 0 Å². The Hall–Kier alpha value is -1.27. The molecule has 2 aromatic rings. The normalized spacial score (nSPS) is 19.0. The molecule has 4 nitrogen and oxygen atoms in total. The molecule has 2 aromatic heterocycles. The number of nitrogens with zero attached hydrogens (tertiary/aromatic N) is 2. The lowest BCUT2D eigenvalue weighted by molar-refractivity contribution is 0.115. The summed E-state index contributed by atoms with van der Waals surface area (Å²) in [6.07, 6.45) is 0.968. The van der Waals surface area contributed by atoms with E-state index >= 15 is 0 Å². The van der Waals surface area contributed by atoms with E-state index in [2.05, 4.69) is 15.5 Å². The van der Waals surface area contributed by atoms with Crippen LogP contribution in [-0.2, 0) is 5.67 Å². The Morgan fingerprint density at radius 3 is 2.83 bits per heavy atom. The van der Waals surface area contributed by atoms with Gasteiger partial charge in [0.1, 0.15) is 22.2 Å². The lowest BCUT2D eigenvalue weighted by Crippen LogP contribution is -2.36. The second-order valence-electron chi connectivity index (χ2n) is 4.58. The van der Waals surface area contributed by atoms with E-state index in [1.54, 1.807) is 0 Å². The van der Waals surface area contributed by atoms with E-state index in [1.165, 1.54) is 11.3 Å².